The number of nitrogens with one attached hydrogen (secondary N) is 1. The summed E-state index contributed by atoms with van der Waals surface area (Å²) in [5.74, 6) is 1.95. The highest BCUT2D eigenvalue weighted by Gasteiger charge is 2.21. The van der Waals surface area contributed by atoms with Crippen LogP contribution in [0, 0.1) is 5.92 Å². The van der Waals surface area contributed by atoms with Crippen molar-refractivity contribution >= 4 is 11.6 Å². The molecular formula is C14H22ClNO. The zero-order valence-corrected chi connectivity index (χ0v) is 11.8. The molecule has 1 rings (SSSR count). The molecule has 0 aliphatic rings. The Labute approximate surface area is 109 Å². The number of rotatable bonds is 6. The Bertz CT molecular complexity index is 354. The highest BCUT2D eigenvalue weighted by atomic mass is 35.5. The number of methoxy groups -OCH3 is 1. The highest BCUT2D eigenvalue weighted by Crippen LogP contribution is 2.34. The van der Waals surface area contributed by atoms with Gasteiger partial charge in [0.25, 0.3) is 0 Å². The Kier molecular flexibility index (Phi) is 5.79. The molecule has 1 aromatic carbocycles. The maximum Gasteiger partial charge on any atom is 0.122 e. The van der Waals surface area contributed by atoms with Crippen LogP contribution in [-0.2, 0) is 0 Å². The normalized spacial score (nSPS) is 14.4. The van der Waals surface area contributed by atoms with Crippen LogP contribution in [0.4, 0.5) is 0 Å². The molecule has 0 aliphatic heterocycles. The van der Waals surface area contributed by atoms with Crippen molar-refractivity contribution in [2.24, 2.45) is 5.92 Å². The topological polar surface area (TPSA) is 21.3 Å². The van der Waals surface area contributed by atoms with Crippen LogP contribution in [0.1, 0.15) is 31.7 Å². The smallest absolute Gasteiger partial charge is 0.122 e. The van der Waals surface area contributed by atoms with E-state index < -0.39 is 0 Å². The van der Waals surface area contributed by atoms with E-state index in [9.17, 15) is 0 Å². The van der Waals surface area contributed by atoms with Crippen molar-refractivity contribution < 1.29 is 4.74 Å². The Morgan fingerprint density at radius 3 is 2.65 bits per heavy atom. The van der Waals surface area contributed by atoms with Crippen LogP contribution >= 0.6 is 11.6 Å². The third-order valence-electron chi connectivity index (χ3n) is 3.35. The lowest BCUT2D eigenvalue weighted by Crippen LogP contribution is -2.23. The van der Waals surface area contributed by atoms with E-state index in [1.54, 1.807) is 7.11 Å². The minimum Gasteiger partial charge on any atom is -0.496 e. The second-order valence-corrected chi connectivity index (χ2v) is 4.87. The molecule has 0 aromatic heterocycles. The fraction of sp³-hybridized carbons (Fsp3) is 0.571. The molecule has 0 spiro atoms. The molecule has 96 valence electrons. The summed E-state index contributed by atoms with van der Waals surface area (Å²) >= 11 is 6.09. The van der Waals surface area contributed by atoms with Gasteiger partial charge in [-0.15, -0.1) is 0 Å². The van der Waals surface area contributed by atoms with Crippen LogP contribution in [-0.4, -0.2) is 20.7 Å². The summed E-state index contributed by atoms with van der Waals surface area (Å²) < 4.78 is 5.44. The van der Waals surface area contributed by atoms with Gasteiger partial charge in [-0.25, -0.2) is 0 Å². The van der Waals surface area contributed by atoms with Crippen LogP contribution in [0.3, 0.4) is 0 Å². The lowest BCUT2D eigenvalue weighted by molar-refractivity contribution is 0.381. The van der Waals surface area contributed by atoms with Crippen molar-refractivity contribution in [3.8, 4) is 5.75 Å². The van der Waals surface area contributed by atoms with Gasteiger partial charge in [-0.1, -0.05) is 31.9 Å². The molecule has 2 atom stereocenters. The second-order valence-electron chi connectivity index (χ2n) is 4.44. The first-order chi connectivity index (χ1) is 8.13. The van der Waals surface area contributed by atoms with Crippen LogP contribution < -0.4 is 10.1 Å². The summed E-state index contributed by atoms with van der Waals surface area (Å²) in [6.45, 7) is 5.42. The Hall–Kier alpha value is -0.730. The number of halogens is 1. The van der Waals surface area contributed by atoms with E-state index in [2.05, 4.69) is 19.2 Å². The van der Waals surface area contributed by atoms with Gasteiger partial charge in [0.15, 0.2) is 0 Å². The van der Waals surface area contributed by atoms with Crippen molar-refractivity contribution in [3.63, 3.8) is 0 Å². The summed E-state index contributed by atoms with van der Waals surface area (Å²) in [5, 5.41) is 4.02. The van der Waals surface area contributed by atoms with E-state index in [0.29, 0.717) is 11.8 Å². The zero-order valence-electron chi connectivity index (χ0n) is 11.1. The first kappa shape index (κ1) is 14.3. The summed E-state index contributed by atoms with van der Waals surface area (Å²) in [6, 6.07) is 5.84. The quantitative estimate of drug-likeness (QED) is 0.837. The SMILES string of the molecule is CCC(C)C(CNC)c1cc(Cl)ccc1OC. The fourth-order valence-corrected chi connectivity index (χ4v) is 2.30. The summed E-state index contributed by atoms with van der Waals surface area (Å²) in [7, 11) is 3.69. The number of benzene rings is 1. The van der Waals surface area contributed by atoms with Crippen LogP contribution in [0.15, 0.2) is 18.2 Å². The third-order valence-corrected chi connectivity index (χ3v) is 3.58. The fourth-order valence-electron chi connectivity index (χ4n) is 2.12. The minimum atomic E-state index is 0.429. The van der Waals surface area contributed by atoms with Gasteiger partial charge in [-0.3, -0.25) is 0 Å². The van der Waals surface area contributed by atoms with Gasteiger partial charge in [-0.2, -0.15) is 0 Å². The predicted octanol–water partition coefficient (Wildman–Crippen LogP) is 3.70. The molecule has 17 heavy (non-hydrogen) atoms. The monoisotopic (exact) mass is 255 g/mol. The standard InChI is InChI=1S/C14H22ClNO/c1-5-10(2)13(9-16-3)12-8-11(15)6-7-14(12)17-4/h6-8,10,13,16H,5,9H2,1-4H3. The van der Waals surface area contributed by atoms with E-state index in [1.807, 2.05) is 25.2 Å². The minimum absolute atomic E-state index is 0.429. The maximum absolute atomic E-state index is 6.09. The van der Waals surface area contributed by atoms with Gasteiger partial charge >= 0.3 is 0 Å². The van der Waals surface area contributed by atoms with E-state index in [0.717, 1.165) is 23.7 Å². The molecule has 0 radical (unpaired) electrons. The van der Waals surface area contributed by atoms with Gasteiger partial charge in [0.05, 0.1) is 7.11 Å². The molecule has 0 saturated carbocycles. The zero-order chi connectivity index (χ0) is 12.8. The third kappa shape index (κ3) is 3.62. The van der Waals surface area contributed by atoms with E-state index >= 15 is 0 Å². The molecule has 2 unspecified atom stereocenters. The lowest BCUT2D eigenvalue weighted by atomic mass is 9.85. The number of ether oxygens (including phenoxy) is 1. The molecule has 0 heterocycles. The first-order valence-electron chi connectivity index (χ1n) is 6.12. The summed E-state index contributed by atoms with van der Waals surface area (Å²) in [4.78, 5) is 0. The maximum atomic E-state index is 6.09. The highest BCUT2D eigenvalue weighted by molar-refractivity contribution is 6.30. The van der Waals surface area contributed by atoms with E-state index in [-0.39, 0.29) is 0 Å². The van der Waals surface area contributed by atoms with Gasteiger partial charge in [0, 0.05) is 23.0 Å². The van der Waals surface area contributed by atoms with Crippen molar-refractivity contribution in [1.82, 2.24) is 5.32 Å². The van der Waals surface area contributed by atoms with Gasteiger partial charge < -0.3 is 10.1 Å². The number of hydrogen-bond donors (Lipinski definition) is 1. The summed E-state index contributed by atoms with van der Waals surface area (Å²) in [6.07, 6.45) is 1.14. The average molecular weight is 256 g/mol. The predicted molar refractivity (Wildman–Crippen MR) is 74.1 cm³/mol. The van der Waals surface area contributed by atoms with Crippen molar-refractivity contribution in [1.29, 1.82) is 0 Å². The molecule has 2 nitrogen and oxygen atoms in total. The van der Waals surface area contributed by atoms with Crippen molar-refractivity contribution in [2.45, 2.75) is 26.2 Å². The lowest BCUT2D eigenvalue weighted by Gasteiger charge is -2.25. The number of hydrogen-bond acceptors (Lipinski definition) is 2. The van der Waals surface area contributed by atoms with E-state index in [4.69, 9.17) is 16.3 Å². The molecule has 3 heteroatoms. The van der Waals surface area contributed by atoms with Crippen LogP contribution in [0.25, 0.3) is 0 Å². The Morgan fingerprint density at radius 1 is 1.41 bits per heavy atom. The molecular weight excluding hydrogens is 234 g/mol. The van der Waals surface area contributed by atoms with Crippen LogP contribution in [0.5, 0.6) is 5.75 Å². The molecule has 0 aliphatic carbocycles. The average Bonchev–Trinajstić information content (AvgIpc) is 2.35. The van der Waals surface area contributed by atoms with Crippen molar-refractivity contribution in [3.05, 3.63) is 28.8 Å². The Morgan fingerprint density at radius 2 is 2.12 bits per heavy atom. The molecule has 0 amide bonds. The Balaban J connectivity index is 3.11. The van der Waals surface area contributed by atoms with E-state index in [1.165, 1.54) is 5.56 Å². The molecule has 1 aromatic rings. The van der Waals surface area contributed by atoms with Gasteiger partial charge in [0.2, 0.25) is 0 Å². The van der Waals surface area contributed by atoms with Crippen LogP contribution in [0.2, 0.25) is 5.02 Å². The second kappa shape index (κ2) is 6.87. The number of likely N-dealkylation sites (N-methyl/N-ethyl adjacent to an activating group) is 1. The molecule has 0 saturated heterocycles. The molecule has 0 fully saturated rings. The van der Waals surface area contributed by atoms with Crippen molar-refractivity contribution in [2.75, 3.05) is 20.7 Å². The van der Waals surface area contributed by atoms with Gasteiger partial charge in [-0.05, 0) is 31.2 Å². The molecule has 0 bridgehead atoms. The molecule has 1 N–H and O–H groups in total. The summed E-state index contributed by atoms with van der Waals surface area (Å²) in [5.41, 5.74) is 1.20. The first-order valence-corrected chi connectivity index (χ1v) is 6.49. The largest absolute Gasteiger partial charge is 0.496 e. The van der Waals surface area contributed by atoms with Gasteiger partial charge in [0.1, 0.15) is 5.75 Å².